The van der Waals surface area contributed by atoms with Crippen LogP contribution in [-0.2, 0) is 5.41 Å². The van der Waals surface area contributed by atoms with Crippen molar-refractivity contribution in [3.63, 3.8) is 0 Å². The quantitative estimate of drug-likeness (QED) is 0.901. The van der Waals surface area contributed by atoms with Gasteiger partial charge in [-0.3, -0.25) is 5.32 Å². The van der Waals surface area contributed by atoms with Crippen LogP contribution < -0.4 is 10.7 Å². The van der Waals surface area contributed by atoms with E-state index >= 15 is 0 Å². The Morgan fingerprint density at radius 1 is 1.27 bits per heavy atom. The summed E-state index contributed by atoms with van der Waals surface area (Å²) in [5, 5.41) is 4.11. The summed E-state index contributed by atoms with van der Waals surface area (Å²) in [6, 6.07) is 7.79. The molecule has 0 aromatic heterocycles. The lowest BCUT2D eigenvalue weighted by molar-refractivity contribution is 0.198. The molecular formula is C17H22N4O. The van der Waals surface area contributed by atoms with E-state index in [0.717, 1.165) is 5.56 Å². The van der Waals surface area contributed by atoms with Crippen molar-refractivity contribution < 1.29 is 4.79 Å². The molecule has 22 heavy (non-hydrogen) atoms. The highest BCUT2D eigenvalue weighted by Gasteiger charge is 2.24. The second kappa shape index (κ2) is 6.15. The van der Waals surface area contributed by atoms with Gasteiger partial charge < -0.3 is 0 Å². The molecule has 0 saturated heterocycles. The standard InChI is InChI=1S/C17H22N4O/c1-6-7-14-19-15(20-16(22)21(14)18-5)12-8-10-13(11-9-12)17(2,3)4/h6-11,18H,1H2,2-5H3,(H,19,20,22)/b14-7-. The maximum Gasteiger partial charge on any atom is 0.343 e. The summed E-state index contributed by atoms with van der Waals surface area (Å²) in [7, 11) is 1.66. The maximum atomic E-state index is 12.1. The minimum Gasteiger partial charge on any atom is -0.290 e. The van der Waals surface area contributed by atoms with Gasteiger partial charge in [0.05, 0.1) is 0 Å². The van der Waals surface area contributed by atoms with E-state index in [9.17, 15) is 4.79 Å². The molecule has 0 aliphatic carbocycles. The van der Waals surface area contributed by atoms with E-state index in [-0.39, 0.29) is 11.4 Å². The lowest BCUT2D eigenvalue weighted by atomic mass is 9.86. The molecule has 2 rings (SSSR count). The van der Waals surface area contributed by atoms with Crippen LogP contribution in [-0.4, -0.2) is 23.9 Å². The lowest BCUT2D eigenvalue weighted by Gasteiger charge is -2.27. The number of urea groups is 1. The van der Waals surface area contributed by atoms with Crippen molar-refractivity contribution >= 4 is 11.9 Å². The van der Waals surface area contributed by atoms with Gasteiger partial charge in [0.2, 0.25) is 0 Å². The first-order valence-electron chi connectivity index (χ1n) is 7.17. The summed E-state index contributed by atoms with van der Waals surface area (Å²) in [6.45, 7) is 10.1. The highest BCUT2D eigenvalue weighted by molar-refractivity contribution is 6.09. The zero-order valence-corrected chi connectivity index (χ0v) is 13.5. The van der Waals surface area contributed by atoms with Gasteiger partial charge in [0, 0.05) is 12.6 Å². The molecule has 5 heteroatoms. The number of rotatable bonds is 3. The van der Waals surface area contributed by atoms with Crippen LogP contribution in [0.2, 0.25) is 0 Å². The van der Waals surface area contributed by atoms with Crippen molar-refractivity contribution in [1.82, 2.24) is 15.8 Å². The van der Waals surface area contributed by atoms with Crippen LogP contribution in [0.25, 0.3) is 0 Å². The minimum atomic E-state index is -0.277. The van der Waals surface area contributed by atoms with Crippen LogP contribution >= 0.6 is 0 Å². The number of hydrogen-bond donors (Lipinski definition) is 2. The first-order valence-corrected chi connectivity index (χ1v) is 7.17. The van der Waals surface area contributed by atoms with Gasteiger partial charge in [-0.25, -0.2) is 20.2 Å². The monoisotopic (exact) mass is 298 g/mol. The third-order valence-electron chi connectivity index (χ3n) is 3.40. The summed E-state index contributed by atoms with van der Waals surface area (Å²) in [6.07, 6.45) is 3.28. The van der Waals surface area contributed by atoms with E-state index < -0.39 is 0 Å². The lowest BCUT2D eigenvalue weighted by Crippen LogP contribution is -2.51. The maximum absolute atomic E-state index is 12.1. The SMILES string of the molecule is C=C/C=C1/N=C(c2ccc(C(C)(C)C)cc2)NC(=O)N1NC. The smallest absolute Gasteiger partial charge is 0.290 e. The van der Waals surface area contributed by atoms with E-state index in [1.54, 1.807) is 19.2 Å². The van der Waals surface area contributed by atoms with E-state index in [2.05, 4.69) is 55.2 Å². The third-order valence-corrected chi connectivity index (χ3v) is 3.40. The Labute approximate surface area is 131 Å². The molecule has 1 heterocycles. The van der Waals surface area contributed by atoms with Crippen LogP contribution in [0, 0.1) is 0 Å². The van der Waals surface area contributed by atoms with Crippen molar-refractivity contribution in [2.45, 2.75) is 26.2 Å². The summed E-state index contributed by atoms with van der Waals surface area (Å²) in [5.41, 5.74) is 4.98. The average molecular weight is 298 g/mol. The largest absolute Gasteiger partial charge is 0.343 e. The van der Waals surface area contributed by atoms with Gasteiger partial charge >= 0.3 is 6.03 Å². The fourth-order valence-electron chi connectivity index (χ4n) is 2.15. The first kappa shape index (κ1) is 16.0. The molecule has 0 saturated carbocycles. The summed E-state index contributed by atoms with van der Waals surface area (Å²) in [4.78, 5) is 16.6. The fourth-order valence-corrected chi connectivity index (χ4v) is 2.15. The number of hydrogen-bond acceptors (Lipinski definition) is 3. The van der Waals surface area contributed by atoms with Crippen LogP contribution in [0.5, 0.6) is 0 Å². The van der Waals surface area contributed by atoms with Gasteiger partial charge in [0.1, 0.15) is 5.84 Å². The molecule has 0 unspecified atom stereocenters. The van der Waals surface area contributed by atoms with Crippen molar-refractivity contribution in [3.05, 3.63) is 59.9 Å². The number of benzene rings is 1. The molecule has 0 radical (unpaired) electrons. The summed E-state index contributed by atoms with van der Waals surface area (Å²) >= 11 is 0. The second-order valence-electron chi connectivity index (χ2n) is 6.04. The van der Waals surface area contributed by atoms with E-state index in [0.29, 0.717) is 11.7 Å². The van der Waals surface area contributed by atoms with Gasteiger partial charge in [-0.1, -0.05) is 57.7 Å². The molecule has 1 aliphatic heterocycles. The number of amides is 2. The van der Waals surface area contributed by atoms with Gasteiger partial charge in [-0.05, 0) is 17.1 Å². The van der Waals surface area contributed by atoms with Crippen LogP contribution in [0.15, 0.2) is 53.8 Å². The molecule has 2 amide bonds. The normalized spacial score (nSPS) is 17.3. The van der Waals surface area contributed by atoms with Crippen LogP contribution in [0.1, 0.15) is 31.9 Å². The summed E-state index contributed by atoms with van der Waals surface area (Å²) < 4.78 is 0. The number of carbonyl (C=O) groups excluding carboxylic acids is 1. The third kappa shape index (κ3) is 3.26. The first-order chi connectivity index (χ1) is 10.4. The Kier molecular flexibility index (Phi) is 4.47. The number of nitrogens with zero attached hydrogens (tertiary/aromatic N) is 2. The van der Waals surface area contributed by atoms with Gasteiger partial charge in [-0.2, -0.15) is 0 Å². The van der Waals surface area contributed by atoms with Crippen molar-refractivity contribution in [3.8, 4) is 0 Å². The van der Waals surface area contributed by atoms with E-state index in [1.165, 1.54) is 10.6 Å². The molecular weight excluding hydrogens is 276 g/mol. The average Bonchev–Trinajstić information content (AvgIpc) is 2.46. The highest BCUT2D eigenvalue weighted by Crippen LogP contribution is 2.22. The van der Waals surface area contributed by atoms with E-state index in [1.807, 2.05) is 12.1 Å². The molecule has 2 N–H and O–H groups in total. The van der Waals surface area contributed by atoms with Crippen LogP contribution in [0.4, 0.5) is 4.79 Å². The predicted octanol–water partition coefficient (Wildman–Crippen LogP) is 2.92. The molecule has 1 aliphatic rings. The zero-order valence-electron chi connectivity index (χ0n) is 13.5. The number of carbonyl (C=O) groups is 1. The van der Waals surface area contributed by atoms with Crippen molar-refractivity contribution in [2.24, 2.45) is 4.99 Å². The molecule has 1 aromatic rings. The van der Waals surface area contributed by atoms with Crippen LogP contribution in [0.3, 0.4) is 0 Å². The number of allylic oxidation sites excluding steroid dienone is 2. The molecule has 0 bridgehead atoms. The summed E-state index contributed by atoms with van der Waals surface area (Å²) in [5.74, 6) is 1.03. The Morgan fingerprint density at radius 2 is 1.91 bits per heavy atom. The zero-order chi connectivity index (χ0) is 16.3. The Morgan fingerprint density at radius 3 is 2.41 bits per heavy atom. The predicted molar refractivity (Wildman–Crippen MR) is 89.4 cm³/mol. The highest BCUT2D eigenvalue weighted by atomic mass is 16.2. The minimum absolute atomic E-state index is 0.0903. The van der Waals surface area contributed by atoms with Gasteiger partial charge in [-0.15, -0.1) is 0 Å². The molecule has 116 valence electrons. The molecule has 0 fully saturated rings. The van der Waals surface area contributed by atoms with Crippen molar-refractivity contribution in [1.29, 1.82) is 0 Å². The number of hydrazine groups is 1. The topological polar surface area (TPSA) is 56.7 Å². The number of amidine groups is 1. The number of nitrogens with one attached hydrogen (secondary N) is 2. The van der Waals surface area contributed by atoms with E-state index in [4.69, 9.17) is 0 Å². The van der Waals surface area contributed by atoms with Crippen molar-refractivity contribution in [2.75, 3.05) is 7.05 Å². The second-order valence-corrected chi connectivity index (χ2v) is 6.04. The van der Waals surface area contributed by atoms with Gasteiger partial charge in [0.15, 0.2) is 5.82 Å². The Bertz CT molecular complexity index is 636. The number of aliphatic imine (C=N–C) groups is 1. The Balaban J connectivity index is 2.38. The molecule has 5 nitrogen and oxygen atoms in total. The molecule has 0 atom stereocenters. The van der Waals surface area contributed by atoms with Gasteiger partial charge in [0.25, 0.3) is 0 Å². The molecule has 0 spiro atoms. The molecule has 1 aromatic carbocycles. The fraction of sp³-hybridized carbons (Fsp3) is 0.294. The Hall–Kier alpha value is -2.40.